The van der Waals surface area contributed by atoms with Crippen LogP contribution in [0.4, 0.5) is 5.69 Å². The Labute approximate surface area is 146 Å². The van der Waals surface area contributed by atoms with Crippen LogP contribution >= 0.6 is 11.6 Å². The predicted octanol–water partition coefficient (Wildman–Crippen LogP) is 3.42. The molecule has 0 aliphatic carbocycles. The summed E-state index contributed by atoms with van der Waals surface area (Å²) in [7, 11) is 1.31. The summed E-state index contributed by atoms with van der Waals surface area (Å²) < 4.78 is 4.67. The van der Waals surface area contributed by atoms with Crippen molar-refractivity contribution >= 4 is 29.2 Å². The smallest absolute Gasteiger partial charge is 0.337 e. The molecule has 0 aliphatic heterocycles. The van der Waals surface area contributed by atoms with Crippen LogP contribution in [0.2, 0.25) is 5.02 Å². The number of rotatable bonds is 6. The van der Waals surface area contributed by atoms with Crippen LogP contribution in [0.15, 0.2) is 48.5 Å². The molecule has 1 atom stereocenters. The van der Waals surface area contributed by atoms with Gasteiger partial charge in [0.05, 0.1) is 36.0 Å². The largest absolute Gasteiger partial charge is 0.465 e. The molecular formula is C18H19ClN2O3. The molecule has 2 aromatic rings. The SMILES string of the molecule is COC(=O)c1ccc(Cl)c(NCC(=O)NC(C)c2ccccc2)c1. The zero-order chi connectivity index (χ0) is 17.5. The van der Waals surface area contributed by atoms with Crippen LogP contribution in [0.25, 0.3) is 0 Å². The highest BCUT2D eigenvalue weighted by Gasteiger charge is 2.12. The molecule has 24 heavy (non-hydrogen) atoms. The van der Waals surface area contributed by atoms with E-state index in [2.05, 4.69) is 15.4 Å². The molecule has 0 heterocycles. The predicted molar refractivity (Wildman–Crippen MR) is 94.3 cm³/mol. The van der Waals surface area contributed by atoms with Gasteiger partial charge in [0.1, 0.15) is 0 Å². The molecule has 2 N–H and O–H groups in total. The Hall–Kier alpha value is -2.53. The molecular weight excluding hydrogens is 328 g/mol. The lowest BCUT2D eigenvalue weighted by Crippen LogP contribution is -2.32. The summed E-state index contributed by atoms with van der Waals surface area (Å²) in [4.78, 5) is 23.6. The third-order valence-electron chi connectivity index (χ3n) is 3.50. The van der Waals surface area contributed by atoms with E-state index in [1.54, 1.807) is 18.2 Å². The van der Waals surface area contributed by atoms with E-state index in [1.807, 2.05) is 37.3 Å². The number of hydrogen-bond acceptors (Lipinski definition) is 4. The van der Waals surface area contributed by atoms with Gasteiger partial charge in [-0.1, -0.05) is 41.9 Å². The van der Waals surface area contributed by atoms with Gasteiger partial charge >= 0.3 is 5.97 Å². The number of carbonyl (C=O) groups is 2. The topological polar surface area (TPSA) is 67.4 Å². The lowest BCUT2D eigenvalue weighted by atomic mass is 10.1. The van der Waals surface area contributed by atoms with E-state index in [0.29, 0.717) is 16.3 Å². The Morgan fingerprint density at radius 2 is 1.88 bits per heavy atom. The van der Waals surface area contributed by atoms with Gasteiger partial charge < -0.3 is 15.4 Å². The molecule has 6 heteroatoms. The molecule has 0 bridgehead atoms. The maximum atomic E-state index is 12.1. The lowest BCUT2D eigenvalue weighted by molar-refractivity contribution is -0.120. The van der Waals surface area contributed by atoms with Gasteiger partial charge in [0, 0.05) is 0 Å². The highest BCUT2D eigenvalue weighted by molar-refractivity contribution is 6.33. The number of amides is 1. The number of carbonyl (C=O) groups excluding carboxylic acids is 2. The fourth-order valence-electron chi connectivity index (χ4n) is 2.20. The molecule has 0 aromatic heterocycles. The Bertz CT molecular complexity index is 719. The summed E-state index contributed by atoms with van der Waals surface area (Å²) >= 11 is 6.08. The summed E-state index contributed by atoms with van der Waals surface area (Å²) in [6, 6.07) is 14.3. The third kappa shape index (κ3) is 4.73. The standard InChI is InChI=1S/C18H19ClN2O3/c1-12(13-6-4-3-5-7-13)21-17(22)11-20-16-10-14(18(23)24-2)8-9-15(16)19/h3-10,12,20H,11H2,1-2H3,(H,21,22). The van der Waals surface area contributed by atoms with Crippen LogP contribution in [0.3, 0.4) is 0 Å². The van der Waals surface area contributed by atoms with Crippen molar-refractivity contribution in [2.45, 2.75) is 13.0 Å². The number of nitrogens with one attached hydrogen (secondary N) is 2. The highest BCUT2D eigenvalue weighted by Crippen LogP contribution is 2.23. The quantitative estimate of drug-likeness (QED) is 0.786. The van der Waals surface area contributed by atoms with Gasteiger partial charge in [-0.15, -0.1) is 0 Å². The highest BCUT2D eigenvalue weighted by atomic mass is 35.5. The second kappa shape index (κ2) is 8.36. The fraction of sp³-hybridized carbons (Fsp3) is 0.222. The molecule has 1 unspecified atom stereocenters. The second-order valence-electron chi connectivity index (χ2n) is 5.24. The normalized spacial score (nSPS) is 11.5. The van der Waals surface area contributed by atoms with Gasteiger partial charge in [0.15, 0.2) is 0 Å². The van der Waals surface area contributed by atoms with Crippen molar-refractivity contribution in [1.82, 2.24) is 5.32 Å². The van der Waals surface area contributed by atoms with E-state index in [4.69, 9.17) is 11.6 Å². The van der Waals surface area contributed by atoms with Gasteiger partial charge in [-0.2, -0.15) is 0 Å². The first-order valence-corrected chi connectivity index (χ1v) is 7.85. The van der Waals surface area contributed by atoms with Crippen LogP contribution in [-0.2, 0) is 9.53 Å². The first kappa shape index (κ1) is 17.8. The summed E-state index contributed by atoms with van der Waals surface area (Å²) in [5.74, 6) is -0.636. The van der Waals surface area contributed by atoms with Crippen molar-refractivity contribution in [3.63, 3.8) is 0 Å². The minimum absolute atomic E-state index is 0.0432. The van der Waals surface area contributed by atoms with E-state index in [9.17, 15) is 9.59 Å². The van der Waals surface area contributed by atoms with Crippen molar-refractivity contribution in [1.29, 1.82) is 0 Å². The van der Waals surface area contributed by atoms with Gasteiger partial charge in [0.25, 0.3) is 0 Å². The van der Waals surface area contributed by atoms with E-state index >= 15 is 0 Å². The summed E-state index contributed by atoms with van der Waals surface area (Å²) in [5, 5.41) is 6.26. The van der Waals surface area contributed by atoms with E-state index < -0.39 is 5.97 Å². The van der Waals surface area contributed by atoms with Crippen LogP contribution in [0, 0.1) is 0 Å². The Kier molecular flexibility index (Phi) is 6.21. The minimum Gasteiger partial charge on any atom is -0.465 e. The molecule has 0 aliphatic rings. The monoisotopic (exact) mass is 346 g/mol. The number of anilines is 1. The average molecular weight is 347 g/mol. The molecule has 0 spiro atoms. The lowest BCUT2D eigenvalue weighted by Gasteiger charge is -2.15. The van der Waals surface area contributed by atoms with Crippen molar-refractivity contribution in [2.24, 2.45) is 0 Å². The first-order chi connectivity index (χ1) is 11.5. The van der Waals surface area contributed by atoms with E-state index in [1.165, 1.54) is 7.11 Å². The molecule has 0 fully saturated rings. The van der Waals surface area contributed by atoms with Crippen molar-refractivity contribution < 1.29 is 14.3 Å². The Balaban J connectivity index is 1.95. The number of methoxy groups -OCH3 is 1. The Morgan fingerprint density at radius 3 is 2.54 bits per heavy atom. The third-order valence-corrected chi connectivity index (χ3v) is 3.83. The molecule has 2 rings (SSSR count). The second-order valence-corrected chi connectivity index (χ2v) is 5.65. The fourth-order valence-corrected chi connectivity index (χ4v) is 2.38. The zero-order valence-corrected chi connectivity index (χ0v) is 14.3. The number of esters is 1. The van der Waals surface area contributed by atoms with Crippen molar-refractivity contribution in [2.75, 3.05) is 19.0 Å². The van der Waals surface area contributed by atoms with Crippen molar-refractivity contribution in [3.8, 4) is 0 Å². The summed E-state index contributed by atoms with van der Waals surface area (Å²) in [6.07, 6.45) is 0. The van der Waals surface area contributed by atoms with Gasteiger partial charge in [-0.25, -0.2) is 4.79 Å². The van der Waals surface area contributed by atoms with Gasteiger partial charge in [-0.05, 0) is 30.7 Å². The maximum absolute atomic E-state index is 12.1. The van der Waals surface area contributed by atoms with E-state index in [0.717, 1.165) is 5.56 Å². The minimum atomic E-state index is -0.461. The van der Waals surface area contributed by atoms with Crippen LogP contribution in [-0.4, -0.2) is 25.5 Å². The number of halogens is 1. The molecule has 5 nitrogen and oxygen atoms in total. The molecule has 1 amide bonds. The molecule has 0 saturated carbocycles. The van der Waals surface area contributed by atoms with Gasteiger partial charge in [-0.3, -0.25) is 4.79 Å². The zero-order valence-electron chi connectivity index (χ0n) is 13.5. The van der Waals surface area contributed by atoms with Crippen LogP contribution in [0.5, 0.6) is 0 Å². The molecule has 2 aromatic carbocycles. The Morgan fingerprint density at radius 1 is 1.17 bits per heavy atom. The van der Waals surface area contributed by atoms with Crippen molar-refractivity contribution in [3.05, 3.63) is 64.7 Å². The molecule has 0 radical (unpaired) electrons. The van der Waals surface area contributed by atoms with E-state index in [-0.39, 0.29) is 18.5 Å². The summed E-state index contributed by atoms with van der Waals surface area (Å²) in [6.45, 7) is 1.96. The number of ether oxygens (including phenoxy) is 1. The van der Waals surface area contributed by atoms with Crippen LogP contribution in [0.1, 0.15) is 28.9 Å². The summed E-state index contributed by atoms with van der Waals surface area (Å²) in [5.41, 5.74) is 1.89. The first-order valence-electron chi connectivity index (χ1n) is 7.47. The van der Waals surface area contributed by atoms with Gasteiger partial charge in [0.2, 0.25) is 5.91 Å². The maximum Gasteiger partial charge on any atom is 0.337 e. The van der Waals surface area contributed by atoms with Crippen LogP contribution < -0.4 is 10.6 Å². The molecule has 126 valence electrons. The molecule has 0 saturated heterocycles. The number of hydrogen-bond donors (Lipinski definition) is 2. The number of benzene rings is 2. The average Bonchev–Trinajstić information content (AvgIpc) is 2.61.